The highest BCUT2D eigenvalue weighted by atomic mass is 35.5. The number of aromatic nitrogens is 2. The smallest absolute Gasteiger partial charge is 0.248 e. The van der Waals surface area contributed by atoms with Gasteiger partial charge in [-0.05, 0) is 92.2 Å². The van der Waals surface area contributed by atoms with Crippen LogP contribution in [0.4, 0.5) is 21.6 Å². The standard InChI is InChI=1S/C37H35ClFN5O4/c1-44-17-5-8-27(44)11-16-34(45)43-30-13-12-29-36(35(30)24-9-14-32(46-2)33(19-24)47-3)37(41-22-40-29)42-26-10-15-31(28(38)20-26)48-21-23-6-4-7-25(39)18-23/h4,6-7,9-16,18-20,22,27H,5,8,17,21H2,1-3H3,(H,43,45)(H,40,41,42)/b16-11+/t27-/m1/s1. The number of nitrogens with zero attached hydrogens (tertiary/aromatic N) is 3. The third-order valence-electron chi connectivity index (χ3n) is 8.26. The molecule has 0 spiro atoms. The van der Waals surface area contributed by atoms with E-state index < -0.39 is 0 Å². The molecule has 1 aromatic heterocycles. The molecule has 11 heteroatoms. The Kier molecular flexibility index (Phi) is 10.0. The molecule has 0 bridgehead atoms. The molecule has 1 atom stereocenters. The molecule has 2 heterocycles. The van der Waals surface area contributed by atoms with E-state index in [0.717, 1.165) is 24.9 Å². The van der Waals surface area contributed by atoms with Crippen molar-refractivity contribution in [1.29, 1.82) is 0 Å². The number of ether oxygens (including phenoxy) is 3. The molecule has 6 rings (SSSR count). The molecule has 48 heavy (non-hydrogen) atoms. The van der Waals surface area contributed by atoms with E-state index in [0.29, 0.717) is 61.5 Å². The maximum Gasteiger partial charge on any atom is 0.248 e. The number of hydrogen-bond acceptors (Lipinski definition) is 8. The predicted molar refractivity (Wildman–Crippen MR) is 187 cm³/mol. The molecule has 5 aromatic rings. The van der Waals surface area contributed by atoms with Crippen molar-refractivity contribution in [2.45, 2.75) is 25.5 Å². The van der Waals surface area contributed by atoms with Crippen LogP contribution in [0.5, 0.6) is 17.2 Å². The van der Waals surface area contributed by atoms with Crippen molar-refractivity contribution in [1.82, 2.24) is 14.9 Å². The van der Waals surface area contributed by atoms with Gasteiger partial charge in [0.25, 0.3) is 0 Å². The molecular formula is C37H35ClFN5O4. The number of amides is 1. The molecule has 1 aliphatic heterocycles. The summed E-state index contributed by atoms with van der Waals surface area (Å²) in [5.41, 5.74) is 4.00. The summed E-state index contributed by atoms with van der Waals surface area (Å²) in [5, 5.41) is 7.49. The summed E-state index contributed by atoms with van der Waals surface area (Å²) in [6.07, 6.45) is 7.14. The number of benzene rings is 4. The quantitative estimate of drug-likeness (QED) is 0.137. The van der Waals surface area contributed by atoms with Gasteiger partial charge in [0.15, 0.2) is 11.5 Å². The summed E-state index contributed by atoms with van der Waals surface area (Å²) in [7, 11) is 5.21. The van der Waals surface area contributed by atoms with Crippen LogP contribution < -0.4 is 24.8 Å². The van der Waals surface area contributed by atoms with Crippen LogP contribution in [-0.2, 0) is 11.4 Å². The Balaban J connectivity index is 1.36. The molecule has 0 radical (unpaired) electrons. The molecular weight excluding hydrogens is 633 g/mol. The number of carbonyl (C=O) groups is 1. The summed E-state index contributed by atoms with van der Waals surface area (Å²) < 4.78 is 30.6. The molecule has 0 unspecified atom stereocenters. The van der Waals surface area contributed by atoms with Crippen LogP contribution >= 0.6 is 11.6 Å². The van der Waals surface area contributed by atoms with E-state index in [-0.39, 0.29) is 24.4 Å². The van der Waals surface area contributed by atoms with E-state index in [4.69, 9.17) is 25.8 Å². The Bertz CT molecular complexity index is 1990. The number of halogens is 2. The lowest BCUT2D eigenvalue weighted by atomic mass is 9.97. The SMILES string of the molecule is COc1ccc(-c2c(NC(=O)/C=C/[C@H]3CCCN3C)ccc3ncnc(Nc4ccc(OCc5cccc(F)c5)c(Cl)c4)c23)cc1OC. The van der Waals surface area contributed by atoms with Crippen LogP contribution in [-0.4, -0.2) is 54.6 Å². The number of likely N-dealkylation sites (N-methyl/N-ethyl adjacent to an activating group) is 1. The summed E-state index contributed by atoms with van der Waals surface area (Å²) in [4.78, 5) is 24.6. The number of hydrogen-bond donors (Lipinski definition) is 2. The van der Waals surface area contributed by atoms with Crippen LogP contribution in [0.3, 0.4) is 0 Å². The zero-order chi connectivity index (χ0) is 33.6. The topological polar surface area (TPSA) is 97.8 Å². The maximum atomic E-state index is 13.6. The number of likely N-dealkylation sites (tertiary alicyclic amines) is 1. The Morgan fingerprint density at radius 3 is 2.60 bits per heavy atom. The minimum absolute atomic E-state index is 0.163. The van der Waals surface area contributed by atoms with Crippen LogP contribution in [0.15, 0.2) is 91.3 Å². The molecule has 9 nitrogen and oxygen atoms in total. The van der Waals surface area contributed by atoms with Crippen LogP contribution in [0.25, 0.3) is 22.0 Å². The van der Waals surface area contributed by atoms with Gasteiger partial charge in [0, 0.05) is 29.1 Å². The maximum absolute atomic E-state index is 13.6. The summed E-state index contributed by atoms with van der Waals surface area (Å²) in [6.45, 7) is 1.17. The van der Waals surface area contributed by atoms with Crippen LogP contribution in [0.2, 0.25) is 5.02 Å². The fourth-order valence-electron chi connectivity index (χ4n) is 5.82. The fraction of sp³-hybridized carbons (Fsp3) is 0.216. The van der Waals surface area contributed by atoms with Gasteiger partial charge < -0.3 is 24.8 Å². The second kappa shape index (κ2) is 14.7. The Labute approximate surface area is 283 Å². The first-order valence-corrected chi connectivity index (χ1v) is 15.8. The predicted octanol–water partition coefficient (Wildman–Crippen LogP) is 8.02. The monoisotopic (exact) mass is 667 g/mol. The van der Waals surface area contributed by atoms with Gasteiger partial charge in [-0.15, -0.1) is 0 Å². The number of carbonyl (C=O) groups excluding carboxylic acids is 1. The minimum atomic E-state index is -0.331. The second-order valence-corrected chi connectivity index (χ2v) is 11.8. The van der Waals surface area contributed by atoms with E-state index >= 15 is 0 Å². The van der Waals surface area contributed by atoms with Crippen molar-refractivity contribution in [2.24, 2.45) is 0 Å². The first kappa shape index (κ1) is 32.7. The molecule has 4 aromatic carbocycles. The number of nitrogens with one attached hydrogen (secondary N) is 2. The minimum Gasteiger partial charge on any atom is -0.493 e. The zero-order valence-electron chi connectivity index (χ0n) is 26.8. The molecule has 2 N–H and O–H groups in total. The van der Waals surface area contributed by atoms with Crippen molar-refractivity contribution >= 4 is 45.6 Å². The van der Waals surface area contributed by atoms with Crippen molar-refractivity contribution in [2.75, 3.05) is 38.4 Å². The molecule has 0 saturated carbocycles. The van der Waals surface area contributed by atoms with E-state index in [1.54, 1.807) is 44.6 Å². The number of rotatable bonds is 11. The number of methoxy groups -OCH3 is 2. The van der Waals surface area contributed by atoms with Gasteiger partial charge in [0.05, 0.1) is 30.1 Å². The first-order valence-electron chi connectivity index (χ1n) is 15.5. The van der Waals surface area contributed by atoms with E-state index in [9.17, 15) is 9.18 Å². The van der Waals surface area contributed by atoms with E-state index in [1.807, 2.05) is 42.5 Å². The average molecular weight is 668 g/mol. The number of fused-ring (bicyclic) bond motifs is 1. The molecule has 1 aliphatic rings. The molecule has 1 fully saturated rings. The highest BCUT2D eigenvalue weighted by molar-refractivity contribution is 6.32. The summed E-state index contributed by atoms with van der Waals surface area (Å²) >= 11 is 6.61. The number of anilines is 3. The molecule has 246 valence electrons. The summed E-state index contributed by atoms with van der Waals surface area (Å²) in [6, 6.07) is 21.0. The summed E-state index contributed by atoms with van der Waals surface area (Å²) in [5.74, 6) is 1.46. The highest BCUT2D eigenvalue weighted by Gasteiger charge is 2.21. The lowest BCUT2D eigenvalue weighted by molar-refractivity contribution is -0.111. The van der Waals surface area contributed by atoms with Crippen molar-refractivity contribution in [3.63, 3.8) is 0 Å². The molecule has 0 aliphatic carbocycles. The van der Waals surface area contributed by atoms with Gasteiger partial charge in [-0.2, -0.15) is 0 Å². The van der Waals surface area contributed by atoms with E-state index in [1.165, 1.54) is 18.5 Å². The van der Waals surface area contributed by atoms with Gasteiger partial charge in [0.2, 0.25) is 5.91 Å². The van der Waals surface area contributed by atoms with Gasteiger partial charge in [-0.3, -0.25) is 9.69 Å². The fourth-order valence-corrected chi connectivity index (χ4v) is 6.05. The molecule has 1 amide bonds. The first-order chi connectivity index (χ1) is 23.3. The Morgan fingerprint density at radius 1 is 1.02 bits per heavy atom. The van der Waals surface area contributed by atoms with E-state index in [2.05, 4.69) is 32.5 Å². The second-order valence-electron chi connectivity index (χ2n) is 11.4. The van der Waals surface area contributed by atoms with Gasteiger partial charge >= 0.3 is 0 Å². The van der Waals surface area contributed by atoms with Crippen LogP contribution in [0.1, 0.15) is 18.4 Å². The Hall–Kier alpha value is -5.19. The highest BCUT2D eigenvalue weighted by Crippen LogP contribution is 2.42. The van der Waals surface area contributed by atoms with Crippen molar-refractivity contribution < 1.29 is 23.4 Å². The molecule has 1 saturated heterocycles. The lowest BCUT2D eigenvalue weighted by Crippen LogP contribution is -2.23. The van der Waals surface area contributed by atoms with Crippen molar-refractivity contribution in [3.8, 4) is 28.4 Å². The van der Waals surface area contributed by atoms with Gasteiger partial charge in [0.1, 0.15) is 30.3 Å². The Morgan fingerprint density at radius 2 is 1.85 bits per heavy atom. The van der Waals surface area contributed by atoms with Gasteiger partial charge in [-0.25, -0.2) is 14.4 Å². The average Bonchev–Trinajstić information content (AvgIpc) is 3.51. The third kappa shape index (κ3) is 7.35. The largest absolute Gasteiger partial charge is 0.493 e. The normalized spacial score (nSPS) is 14.7. The lowest BCUT2D eigenvalue weighted by Gasteiger charge is -2.18. The van der Waals surface area contributed by atoms with Gasteiger partial charge in [-0.1, -0.05) is 35.9 Å². The van der Waals surface area contributed by atoms with Crippen LogP contribution in [0, 0.1) is 5.82 Å². The van der Waals surface area contributed by atoms with Crippen molar-refractivity contribution in [3.05, 3.63) is 108 Å². The third-order valence-corrected chi connectivity index (χ3v) is 8.55. The zero-order valence-corrected chi connectivity index (χ0v) is 27.6.